The SMILES string of the molecule is COc1cccc(C(C)N(C)C(=O)CCc2nnc(Cc3cc(OC)ccc3OC)o2)c1. The van der Waals surface area contributed by atoms with E-state index in [1.54, 1.807) is 33.3 Å². The maximum Gasteiger partial charge on any atom is 0.223 e. The van der Waals surface area contributed by atoms with Gasteiger partial charge in [-0.25, -0.2) is 0 Å². The number of benzene rings is 2. The number of amides is 1. The lowest BCUT2D eigenvalue weighted by atomic mass is 10.1. The molecule has 0 aliphatic heterocycles. The molecule has 170 valence electrons. The van der Waals surface area contributed by atoms with Crippen LogP contribution < -0.4 is 14.2 Å². The van der Waals surface area contributed by atoms with Crippen molar-refractivity contribution in [2.75, 3.05) is 28.4 Å². The minimum absolute atomic E-state index is 0.00506. The highest BCUT2D eigenvalue weighted by Crippen LogP contribution is 2.26. The lowest BCUT2D eigenvalue weighted by Gasteiger charge is -2.25. The summed E-state index contributed by atoms with van der Waals surface area (Å²) >= 11 is 0. The maximum atomic E-state index is 12.7. The predicted molar refractivity (Wildman–Crippen MR) is 119 cm³/mol. The van der Waals surface area contributed by atoms with Gasteiger partial charge in [-0.1, -0.05) is 12.1 Å². The molecule has 0 bridgehead atoms. The van der Waals surface area contributed by atoms with Crippen molar-refractivity contribution in [1.29, 1.82) is 0 Å². The van der Waals surface area contributed by atoms with Crippen LogP contribution in [0.5, 0.6) is 17.2 Å². The molecule has 32 heavy (non-hydrogen) atoms. The van der Waals surface area contributed by atoms with E-state index in [9.17, 15) is 4.79 Å². The van der Waals surface area contributed by atoms with Gasteiger partial charge in [-0.3, -0.25) is 4.79 Å². The van der Waals surface area contributed by atoms with Crippen molar-refractivity contribution in [2.24, 2.45) is 0 Å². The standard InChI is InChI=1S/C24H29N3O5/c1-16(17-7-6-8-19(13-17)29-3)27(2)24(28)12-11-22-25-26-23(32-22)15-18-14-20(30-4)9-10-21(18)31-5/h6-10,13-14,16H,11-12,15H2,1-5H3. The Hall–Kier alpha value is -3.55. The molecule has 0 radical (unpaired) electrons. The molecule has 0 aliphatic rings. The second kappa shape index (κ2) is 10.7. The summed E-state index contributed by atoms with van der Waals surface area (Å²) < 4.78 is 21.7. The Morgan fingerprint density at radius 1 is 1.00 bits per heavy atom. The average molecular weight is 440 g/mol. The number of aryl methyl sites for hydroxylation is 1. The topological polar surface area (TPSA) is 86.9 Å². The first-order valence-electron chi connectivity index (χ1n) is 10.4. The number of rotatable bonds is 10. The van der Waals surface area contributed by atoms with Gasteiger partial charge in [0.15, 0.2) is 0 Å². The summed E-state index contributed by atoms with van der Waals surface area (Å²) in [6.45, 7) is 1.99. The molecule has 1 unspecified atom stereocenters. The number of methoxy groups -OCH3 is 3. The molecule has 1 atom stereocenters. The van der Waals surface area contributed by atoms with Crippen LogP contribution >= 0.6 is 0 Å². The van der Waals surface area contributed by atoms with E-state index in [1.807, 2.05) is 49.4 Å². The molecule has 0 saturated carbocycles. The van der Waals surface area contributed by atoms with Gasteiger partial charge in [-0.05, 0) is 42.8 Å². The van der Waals surface area contributed by atoms with Gasteiger partial charge in [0.05, 0.1) is 33.8 Å². The first-order valence-corrected chi connectivity index (χ1v) is 10.4. The summed E-state index contributed by atoms with van der Waals surface area (Å²) in [4.78, 5) is 14.4. The number of nitrogens with zero attached hydrogens (tertiary/aromatic N) is 3. The van der Waals surface area contributed by atoms with Crippen molar-refractivity contribution in [1.82, 2.24) is 15.1 Å². The molecule has 8 heteroatoms. The van der Waals surface area contributed by atoms with E-state index in [2.05, 4.69) is 10.2 Å². The molecule has 0 aliphatic carbocycles. The van der Waals surface area contributed by atoms with Crippen LogP contribution in [0.15, 0.2) is 46.9 Å². The lowest BCUT2D eigenvalue weighted by Crippen LogP contribution is -2.29. The van der Waals surface area contributed by atoms with Crippen molar-refractivity contribution >= 4 is 5.91 Å². The van der Waals surface area contributed by atoms with Crippen LogP contribution in [0.2, 0.25) is 0 Å². The minimum atomic E-state index is -0.0867. The van der Waals surface area contributed by atoms with Crippen molar-refractivity contribution in [3.8, 4) is 17.2 Å². The molecule has 1 heterocycles. The number of carbonyl (C=O) groups excluding carboxylic acids is 1. The first kappa shape index (κ1) is 23.1. The van der Waals surface area contributed by atoms with Crippen LogP contribution in [0.25, 0.3) is 0 Å². The zero-order chi connectivity index (χ0) is 23.1. The van der Waals surface area contributed by atoms with Gasteiger partial charge in [0.2, 0.25) is 17.7 Å². The zero-order valence-corrected chi connectivity index (χ0v) is 19.1. The van der Waals surface area contributed by atoms with Crippen LogP contribution in [0, 0.1) is 0 Å². The quantitative estimate of drug-likeness (QED) is 0.474. The number of hydrogen-bond acceptors (Lipinski definition) is 7. The molecular formula is C24H29N3O5. The largest absolute Gasteiger partial charge is 0.497 e. The van der Waals surface area contributed by atoms with E-state index < -0.39 is 0 Å². The Morgan fingerprint density at radius 2 is 1.72 bits per heavy atom. The van der Waals surface area contributed by atoms with Gasteiger partial charge in [-0.15, -0.1) is 10.2 Å². The third-order valence-corrected chi connectivity index (χ3v) is 5.44. The molecule has 2 aromatic carbocycles. The fourth-order valence-electron chi connectivity index (χ4n) is 3.38. The van der Waals surface area contributed by atoms with E-state index in [0.29, 0.717) is 30.4 Å². The number of carbonyl (C=O) groups is 1. The van der Waals surface area contributed by atoms with Crippen LogP contribution in [-0.4, -0.2) is 49.4 Å². The minimum Gasteiger partial charge on any atom is -0.497 e. The molecule has 1 aromatic heterocycles. The highest BCUT2D eigenvalue weighted by Gasteiger charge is 2.19. The first-order chi connectivity index (χ1) is 15.4. The van der Waals surface area contributed by atoms with Crippen LogP contribution in [0.4, 0.5) is 0 Å². The fraction of sp³-hybridized carbons (Fsp3) is 0.375. The molecule has 3 rings (SSSR count). The summed E-state index contributed by atoms with van der Waals surface area (Å²) in [7, 11) is 6.64. The second-order valence-electron chi connectivity index (χ2n) is 7.40. The third-order valence-electron chi connectivity index (χ3n) is 5.44. The van der Waals surface area contributed by atoms with Crippen molar-refractivity contribution < 1.29 is 23.4 Å². The smallest absolute Gasteiger partial charge is 0.223 e. The van der Waals surface area contributed by atoms with Crippen molar-refractivity contribution in [3.63, 3.8) is 0 Å². The Morgan fingerprint density at radius 3 is 2.44 bits per heavy atom. The van der Waals surface area contributed by atoms with E-state index in [1.165, 1.54) is 0 Å². The fourth-order valence-corrected chi connectivity index (χ4v) is 3.38. The summed E-state index contributed by atoms with van der Waals surface area (Å²) in [5, 5.41) is 8.21. The molecule has 3 aromatic rings. The molecule has 0 saturated heterocycles. The highest BCUT2D eigenvalue weighted by atomic mass is 16.5. The van der Waals surface area contributed by atoms with Gasteiger partial charge < -0.3 is 23.5 Å². The van der Waals surface area contributed by atoms with E-state index in [0.717, 1.165) is 22.6 Å². The monoisotopic (exact) mass is 439 g/mol. The van der Waals surface area contributed by atoms with Gasteiger partial charge in [0.1, 0.15) is 17.2 Å². The molecule has 8 nitrogen and oxygen atoms in total. The maximum absolute atomic E-state index is 12.7. The zero-order valence-electron chi connectivity index (χ0n) is 19.1. The van der Waals surface area contributed by atoms with Crippen molar-refractivity contribution in [2.45, 2.75) is 32.2 Å². The van der Waals surface area contributed by atoms with Gasteiger partial charge in [-0.2, -0.15) is 0 Å². The summed E-state index contributed by atoms with van der Waals surface area (Å²) in [6.07, 6.45) is 1.05. The van der Waals surface area contributed by atoms with E-state index in [4.69, 9.17) is 18.6 Å². The van der Waals surface area contributed by atoms with Crippen LogP contribution in [-0.2, 0) is 17.6 Å². The predicted octanol–water partition coefficient (Wildman–Crippen LogP) is 3.84. The summed E-state index contributed by atoms with van der Waals surface area (Å²) in [5.74, 6) is 3.08. The van der Waals surface area contributed by atoms with E-state index >= 15 is 0 Å². The molecule has 0 N–H and O–H groups in total. The summed E-state index contributed by atoms with van der Waals surface area (Å²) in [5.41, 5.74) is 1.89. The van der Waals surface area contributed by atoms with Crippen molar-refractivity contribution in [3.05, 3.63) is 65.4 Å². The normalized spacial score (nSPS) is 11.7. The lowest BCUT2D eigenvalue weighted by molar-refractivity contribution is -0.131. The van der Waals surface area contributed by atoms with Gasteiger partial charge >= 0.3 is 0 Å². The summed E-state index contributed by atoms with van der Waals surface area (Å²) in [6, 6.07) is 13.2. The average Bonchev–Trinajstić information content (AvgIpc) is 3.28. The van der Waals surface area contributed by atoms with E-state index in [-0.39, 0.29) is 18.4 Å². The molecule has 0 spiro atoms. The number of hydrogen-bond donors (Lipinski definition) is 0. The van der Waals surface area contributed by atoms with Gasteiger partial charge in [0, 0.05) is 25.5 Å². The highest BCUT2D eigenvalue weighted by molar-refractivity contribution is 5.76. The second-order valence-corrected chi connectivity index (χ2v) is 7.40. The van der Waals surface area contributed by atoms with Crippen LogP contribution in [0.1, 0.15) is 42.3 Å². The Bertz CT molecular complexity index is 1050. The van der Waals surface area contributed by atoms with Gasteiger partial charge in [0.25, 0.3) is 0 Å². The Balaban J connectivity index is 1.59. The Labute approximate surface area is 188 Å². The molecular weight excluding hydrogens is 410 g/mol. The Kier molecular flexibility index (Phi) is 7.70. The van der Waals surface area contributed by atoms with Crippen LogP contribution in [0.3, 0.4) is 0 Å². The third kappa shape index (κ3) is 5.57. The molecule has 0 fully saturated rings. The molecule has 1 amide bonds. The number of aromatic nitrogens is 2. The number of ether oxygens (including phenoxy) is 3.